The molecule has 0 fully saturated rings. The highest BCUT2D eigenvalue weighted by Crippen LogP contribution is 2.26. The van der Waals surface area contributed by atoms with E-state index in [2.05, 4.69) is 26.3 Å². The Morgan fingerprint density at radius 2 is 1.89 bits per heavy atom. The first-order chi connectivity index (χ1) is 16.6. The number of aromatic nitrogens is 2. The number of carbonyl (C=O) groups is 2. The highest BCUT2D eigenvalue weighted by atomic mass is 35.5. The average Bonchev–Trinajstić information content (AvgIpc) is 3.11. The highest BCUT2D eigenvalue weighted by molar-refractivity contribution is 6.20. The number of amides is 2. The molecular formula is C26H31ClF2N4O2. The third kappa shape index (κ3) is 6.78. The van der Waals surface area contributed by atoms with Crippen LogP contribution in [-0.4, -0.2) is 26.7 Å². The normalized spacial score (nSPS) is 12.4. The standard InChI is InChI=1S/C26H31ClF2N4O2/c1-15(2)25(34)31-14-17-10-21(23(24(28)29)30-13-17)26(35)32-19-8-9-22-18(11-19)12-20(33(22)4)7-5-6-16(3)27/h8-13,15-16,24H,5-7,14H2,1-4H3,(H,31,34)(H,32,35). The van der Waals surface area contributed by atoms with Gasteiger partial charge in [0, 0.05) is 53.4 Å². The summed E-state index contributed by atoms with van der Waals surface area (Å²) < 4.78 is 29.2. The quantitative estimate of drug-likeness (QED) is 0.333. The van der Waals surface area contributed by atoms with Crippen LogP contribution >= 0.6 is 11.6 Å². The average molecular weight is 505 g/mol. The fraction of sp³-hybridized carbons (Fsp3) is 0.423. The summed E-state index contributed by atoms with van der Waals surface area (Å²) >= 11 is 6.05. The van der Waals surface area contributed by atoms with Crippen LogP contribution in [0.5, 0.6) is 0 Å². The van der Waals surface area contributed by atoms with Crippen molar-refractivity contribution >= 4 is 40.0 Å². The van der Waals surface area contributed by atoms with Crippen molar-refractivity contribution in [2.75, 3.05) is 5.32 Å². The number of carbonyl (C=O) groups excluding carboxylic acids is 2. The van der Waals surface area contributed by atoms with Crippen LogP contribution in [0.15, 0.2) is 36.5 Å². The topological polar surface area (TPSA) is 76.0 Å². The first-order valence-electron chi connectivity index (χ1n) is 11.6. The molecule has 2 amide bonds. The van der Waals surface area contributed by atoms with Gasteiger partial charge >= 0.3 is 0 Å². The molecule has 2 N–H and O–H groups in total. The summed E-state index contributed by atoms with van der Waals surface area (Å²) in [4.78, 5) is 28.6. The van der Waals surface area contributed by atoms with Gasteiger partial charge in [0.25, 0.3) is 12.3 Å². The van der Waals surface area contributed by atoms with E-state index in [1.807, 2.05) is 26.1 Å². The maximum absolute atomic E-state index is 13.6. The Morgan fingerprint density at radius 3 is 2.54 bits per heavy atom. The molecule has 3 aromatic rings. The minimum absolute atomic E-state index is 0.0923. The number of nitrogens with zero attached hydrogens (tertiary/aromatic N) is 2. The van der Waals surface area contributed by atoms with Crippen LogP contribution in [0, 0.1) is 5.92 Å². The Balaban J connectivity index is 1.80. The fourth-order valence-electron chi connectivity index (χ4n) is 3.85. The molecule has 0 spiro atoms. The van der Waals surface area contributed by atoms with Gasteiger partial charge in [-0.05, 0) is 62.1 Å². The SMILES string of the molecule is CC(Cl)CCCc1cc2cc(NC(=O)c3cc(CNC(=O)C(C)C)cnc3C(F)F)ccc2n1C. The van der Waals surface area contributed by atoms with Gasteiger partial charge < -0.3 is 15.2 Å². The van der Waals surface area contributed by atoms with Gasteiger partial charge in [-0.1, -0.05) is 13.8 Å². The largest absolute Gasteiger partial charge is 0.352 e. The zero-order chi connectivity index (χ0) is 25.7. The van der Waals surface area contributed by atoms with Gasteiger partial charge in [-0.2, -0.15) is 0 Å². The van der Waals surface area contributed by atoms with Crippen molar-refractivity contribution in [3.8, 4) is 0 Å². The summed E-state index contributed by atoms with van der Waals surface area (Å²) in [5.74, 6) is -1.08. The fourth-order valence-corrected chi connectivity index (χ4v) is 4.01. The number of anilines is 1. The number of benzene rings is 1. The predicted molar refractivity (Wildman–Crippen MR) is 135 cm³/mol. The molecule has 0 aliphatic carbocycles. The van der Waals surface area contributed by atoms with E-state index in [0.717, 1.165) is 35.9 Å². The van der Waals surface area contributed by atoms with E-state index in [4.69, 9.17) is 11.6 Å². The number of halogens is 3. The van der Waals surface area contributed by atoms with E-state index < -0.39 is 18.0 Å². The Labute approximate surface area is 209 Å². The number of pyridine rings is 1. The number of alkyl halides is 3. The minimum atomic E-state index is -2.91. The Kier molecular flexibility index (Phi) is 8.83. The molecular weight excluding hydrogens is 474 g/mol. The summed E-state index contributed by atoms with van der Waals surface area (Å²) in [5, 5.41) is 6.49. The van der Waals surface area contributed by atoms with Crippen LogP contribution < -0.4 is 10.6 Å². The van der Waals surface area contributed by atoms with Crippen molar-refractivity contribution < 1.29 is 18.4 Å². The number of rotatable bonds is 10. The zero-order valence-electron chi connectivity index (χ0n) is 20.4. The number of aryl methyl sites for hydroxylation is 2. The number of nitrogens with one attached hydrogen (secondary N) is 2. The van der Waals surface area contributed by atoms with Gasteiger partial charge in [0.2, 0.25) is 5.91 Å². The molecule has 2 heterocycles. The van der Waals surface area contributed by atoms with Crippen molar-refractivity contribution in [2.24, 2.45) is 13.0 Å². The minimum Gasteiger partial charge on any atom is -0.352 e. The molecule has 6 nitrogen and oxygen atoms in total. The van der Waals surface area contributed by atoms with Gasteiger partial charge in [-0.15, -0.1) is 11.6 Å². The smallest absolute Gasteiger partial charge is 0.281 e. The summed E-state index contributed by atoms with van der Waals surface area (Å²) in [6.45, 7) is 5.57. The lowest BCUT2D eigenvalue weighted by molar-refractivity contribution is -0.124. The van der Waals surface area contributed by atoms with Crippen LogP contribution in [0.3, 0.4) is 0 Å². The van der Waals surface area contributed by atoms with Crippen molar-refractivity contribution in [3.63, 3.8) is 0 Å². The third-order valence-corrected chi connectivity index (χ3v) is 6.07. The molecule has 1 unspecified atom stereocenters. The maximum Gasteiger partial charge on any atom is 0.281 e. The second-order valence-corrected chi connectivity index (χ2v) is 9.79. The molecule has 0 saturated heterocycles. The van der Waals surface area contributed by atoms with Crippen LogP contribution in [0.1, 0.15) is 67.3 Å². The van der Waals surface area contributed by atoms with Crippen LogP contribution in [0.4, 0.5) is 14.5 Å². The second kappa shape index (κ2) is 11.6. The molecule has 0 aliphatic rings. The molecule has 0 aliphatic heterocycles. The summed E-state index contributed by atoms with van der Waals surface area (Å²) in [6.07, 6.45) is 1.11. The number of hydrogen-bond acceptors (Lipinski definition) is 3. The van der Waals surface area contributed by atoms with E-state index in [-0.39, 0.29) is 29.3 Å². The molecule has 2 aromatic heterocycles. The molecule has 0 radical (unpaired) electrons. The molecule has 9 heteroatoms. The molecule has 0 bridgehead atoms. The Hall–Kier alpha value is -3.00. The third-order valence-electron chi connectivity index (χ3n) is 5.85. The summed E-state index contributed by atoms with van der Waals surface area (Å²) in [7, 11) is 1.99. The van der Waals surface area contributed by atoms with Gasteiger partial charge in [0.15, 0.2) is 0 Å². The van der Waals surface area contributed by atoms with Crippen LogP contribution in [-0.2, 0) is 24.8 Å². The van der Waals surface area contributed by atoms with Crippen LogP contribution in [0.25, 0.3) is 10.9 Å². The van der Waals surface area contributed by atoms with Gasteiger partial charge in [0.1, 0.15) is 5.69 Å². The maximum atomic E-state index is 13.6. The first-order valence-corrected chi connectivity index (χ1v) is 12.1. The molecule has 3 rings (SSSR count). The van der Waals surface area contributed by atoms with Crippen molar-refractivity contribution in [2.45, 2.75) is 58.4 Å². The predicted octanol–water partition coefficient (Wildman–Crippen LogP) is 5.99. The lowest BCUT2D eigenvalue weighted by Gasteiger charge is -2.12. The molecule has 1 atom stereocenters. The van der Waals surface area contributed by atoms with E-state index >= 15 is 0 Å². The van der Waals surface area contributed by atoms with Crippen molar-refractivity contribution in [3.05, 3.63) is 59.0 Å². The molecule has 0 saturated carbocycles. The molecule has 35 heavy (non-hydrogen) atoms. The van der Waals surface area contributed by atoms with Gasteiger partial charge in [0.05, 0.1) is 5.56 Å². The van der Waals surface area contributed by atoms with Gasteiger partial charge in [-0.25, -0.2) is 8.78 Å². The van der Waals surface area contributed by atoms with E-state index in [1.165, 1.54) is 12.3 Å². The van der Waals surface area contributed by atoms with Gasteiger partial charge in [-0.3, -0.25) is 14.6 Å². The second-order valence-electron chi connectivity index (χ2n) is 9.04. The van der Waals surface area contributed by atoms with Crippen molar-refractivity contribution in [1.82, 2.24) is 14.9 Å². The number of hydrogen-bond donors (Lipinski definition) is 2. The first kappa shape index (κ1) is 26.6. The summed E-state index contributed by atoms with van der Waals surface area (Å²) in [5.41, 5.74) is 2.30. The Morgan fingerprint density at radius 1 is 1.14 bits per heavy atom. The summed E-state index contributed by atoms with van der Waals surface area (Å²) in [6, 6.07) is 8.87. The number of fused-ring (bicyclic) bond motifs is 1. The molecule has 188 valence electrons. The lowest BCUT2D eigenvalue weighted by atomic mass is 10.1. The molecule has 1 aromatic carbocycles. The highest BCUT2D eigenvalue weighted by Gasteiger charge is 2.21. The Bertz CT molecular complexity index is 1210. The van der Waals surface area contributed by atoms with E-state index in [0.29, 0.717) is 11.3 Å². The van der Waals surface area contributed by atoms with Crippen LogP contribution in [0.2, 0.25) is 0 Å². The lowest BCUT2D eigenvalue weighted by Crippen LogP contribution is -2.27. The monoisotopic (exact) mass is 504 g/mol. The zero-order valence-corrected chi connectivity index (χ0v) is 21.1. The van der Waals surface area contributed by atoms with E-state index in [1.54, 1.807) is 19.9 Å². The van der Waals surface area contributed by atoms with E-state index in [9.17, 15) is 18.4 Å². The van der Waals surface area contributed by atoms with Crippen molar-refractivity contribution in [1.29, 1.82) is 0 Å².